The average molecular weight is 464 g/mol. The van der Waals surface area contributed by atoms with Crippen molar-refractivity contribution in [2.75, 3.05) is 17.7 Å². The molecule has 0 unspecified atom stereocenters. The maximum absolute atomic E-state index is 13.4. The summed E-state index contributed by atoms with van der Waals surface area (Å²) in [5.74, 6) is -0.00641. The first-order valence-corrected chi connectivity index (χ1v) is 12.2. The van der Waals surface area contributed by atoms with Crippen molar-refractivity contribution in [1.29, 1.82) is 0 Å². The summed E-state index contributed by atoms with van der Waals surface area (Å²) in [6.07, 6.45) is 2.65. The van der Waals surface area contributed by atoms with Gasteiger partial charge in [-0.2, -0.15) is 0 Å². The summed E-state index contributed by atoms with van der Waals surface area (Å²) in [4.78, 5) is 30.9. The second kappa shape index (κ2) is 9.41. The molecule has 3 heterocycles. The Morgan fingerprint density at radius 1 is 1.21 bits per heavy atom. The summed E-state index contributed by atoms with van der Waals surface area (Å²) in [6.45, 7) is 3.14. The number of aromatic nitrogens is 2. The maximum Gasteiger partial charge on any atom is 0.297 e. The molecule has 0 radical (unpaired) electrons. The van der Waals surface area contributed by atoms with Crippen LogP contribution in [0.4, 0.5) is 5.69 Å². The van der Waals surface area contributed by atoms with Crippen LogP contribution in [0.15, 0.2) is 62.9 Å². The van der Waals surface area contributed by atoms with Gasteiger partial charge in [0.25, 0.3) is 5.56 Å². The van der Waals surface area contributed by atoms with Crippen molar-refractivity contribution in [3.05, 3.63) is 64.4 Å². The number of carbonyl (C=O) groups excluding carboxylic acids is 1. The van der Waals surface area contributed by atoms with Crippen molar-refractivity contribution in [2.24, 2.45) is 0 Å². The summed E-state index contributed by atoms with van der Waals surface area (Å²) in [5, 5.41) is 4.27. The van der Waals surface area contributed by atoms with E-state index in [4.69, 9.17) is 14.1 Å². The van der Waals surface area contributed by atoms with E-state index in [1.54, 1.807) is 4.57 Å². The predicted molar refractivity (Wildman–Crippen MR) is 130 cm³/mol. The third-order valence-electron chi connectivity index (χ3n) is 5.86. The van der Waals surface area contributed by atoms with Gasteiger partial charge in [0.15, 0.2) is 5.16 Å². The van der Waals surface area contributed by atoms with Crippen molar-refractivity contribution in [2.45, 2.75) is 44.0 Å². The van der Waals surface area contributed by atoms with Crippen LogP contribution >= 0.6 is 11.8 Å². The van der Waals surface area contributed by atoms with Crippen molar-refractivity contribution < 1.29 is 13.9 Å². The lowest BCUT2D eigenvalue weighted by Crippen LogP contribution is -2.29. The second-order valence-corrected chi connectivity index (χ2v) is 9.01. The molecular formula is C25H25N3O4S. The Labute approximate surface area is 195 Å². The SMILES string of the molecule is CCc1ccccc1NC(=O)CSc1nc2c(oc3ccccc32)c(=O)n1C[C@H]1CCCO1. The highest BCUT2D eigenvalue weighted by molar-refractivity contribution is 7.99. The Bertz CT molecular complexity index is 1370. The fourth-order valence-electron chi connectivity index (χ4n) is 4.18. The molecule has 2 aromatic carbocycles. The van der Waals surface area contributed by atoms with Crippen LogP contribution in [-0.2, 0) is 22.5 Å². The van der Waals surface area contributed by atoms with Gasteiger partial charge in [0.2, 0.25) is 11.5 Å². The fraction of sp³-hybridized carbons (Fsp3) is 0.320. The van der Waals surface area contributed by atoms with Gasteiger partial charge in [-0.05, 0) is 43.0 Å². The van der Waals surface area contributed by atoms with Gasteiger partial charge in [0.1, 0.15) is 11.1 Å². The van der Waals surface area contributed by atoms with E-state index in [9.17, 15) is 9.59 Å². The van der Waals surface area contributed by atoms with E-state index in [0.29, 0.717) is 29.4 Å². The van der Waals surface area contributed by atoms with Gasteiger partial charge in [0, 0.05) is 17.7 Å². The number of nitrogens with zero attached hydrogens (tertiary/aromatic N) is 2. The molecule has 8 heteroatoms. The molecule has 4 aromatic rings. The number of rotatable bonds is 7. The standard InChI is InChI=1S/C25H25N3O4S/c1-2-16-8-3-5-11-19(16)26-21(29)15-33-25-27-22-18-10-4-6-12-20(18)32-23(22)24(30)28(25)14-17-9-7-13-31-17/h3-6,8,10-12,17H,2,7,9,13-15H2,1H3,(H,26,29)/t17-/m1/s1. The first-order chi connectivity index (χ1) is 16.1. The summed E-state index contributed by atoms with van der Waals surface area (Å²) in [5.41, 5.74) is 3.03. The molecule has 1 amide bonds. The number of fused-ring (bicyclic) bond motifs is 3. The highest BCUT2D eigenvalue weighted by atomic mass is 32.2. The van der Waals surface area contributed by atoms with Crippen LogP contribution in [-0.4, -0.2) is 33.9 Å². The molecule has 33 heavy (non-hydrogen) atoms. The molecule has 1 N–H and O–H groups in total. The van der Waals surface area contributed by atoms with Crippen molar-refractivity contribution in [3.63, 3.8) is 0 Å². The zero-order valence-corrected chi connectivity index (χ0v) is 19.2. The van der Waals surface area contributed by atoms with Crippen LogP contribution in [0, 0.1) is 0 Å². The molecule has 1 aliphatic heterocycles. The van der Waals surface area contributed by atoms with Gasteiger partial charge in [-0.3, -0.25) is 14.2 Å². The van der Waals surface area contributed by atoms with E-state index in [2.05, 4.69) is 12.2 Å². The monoisotopic (exact) mass is 463 g/mol. The Morgan fingerprint density at radius 2 is 2.03 bits per heavy atom. The lowest BCUT2D eigenvalue weighted by atomic mass is 10.1. The fourth-order valence-corrected chi connectivity index (χ4v) is 4.98. The number of para-hydroxylation sites is 2. The molecule has 170 valence electrons. The van der Waals surface area contributed by atoms with E-state index in [-0.39, 0.29) is 28.9 Å². The van der Waals surface area contributed by atoms with Crippen LogP contribution in [0.2, 0.25) is 0 Å². The van der Waals surface area contributed by atoms with Gasteiger partial charge in [0.05, 0.1) is 18.4 Å². The average Bonchev–Trinajstić information content (AvgIpc) is 3.48. The number of anilines is 1. The lowest BCUT2D eigenvalue weighted by Gasteiger charge is -2.15. The zero-order chi connectivity index (χ0) is 22.8. The Kier molecular flexibility index (Phi) is 6.20. The van der Waals surface area contributed by atoms with Gasteiger partial charge < -0.3 is 14.5 Å². The van der Waals surface area contributed by atoms with Crippen LogP contribution < -0.4 is 10.9 Å². The molecule has 1 fully saturated rings. The lowest BCUT2D eigenvalue weighted by molar-refractivity contribution is -0.113. The Morgan fingerprint density at radius 3 is 2.85 bits per heavy atom. The van der Waals surface area contributed by atoms with Crippen LogP contribution in [0.5, 0.6) is 0 Å². The van der Waals surface area contributed by atoms with Crippen LogP contribution in [0.25, 0.3) is 22.1 Å². The number of nitrogens with one attached hydrogen (secondary N) is 1. The minimum absolute atomic E-state index is 0.0454. The molecule has 2 aromatic heterocycles. The second-order valence-electron chi connectivity index (χ2n) is 8.07. The molecule has 5 rings (SSSR count). The van der Waals surface area contributed by atoms with Crippen LogP contribution in [0.3, 0.4) is 0 Å². The highest BCUT2D eigenvalue weighted by Gasteiger charge is 2.23. The highest BCUT2D eigenvalue weighted by Crippen LogP contribution is 2.28. The molecule has 0 bridgehead atoms. The number of hydrogen-bond acceptors (Lipinski definition) is 6. The van der Waals surface area contributed by atoms with E-state index in [1.165, 1.54) is 11.8 Å². The van der Waals surface area contributed by atoms with E-state index < -0.39 is 0 Å². The van der Waals surface area contributed by atoms with Gasteiger partial charge >= 0.3 is 0 Å². The van der Waals surface area contributed by atoms with E-state index in [0.717, 1.165) is 35.9 Å². The number of amides is 1. The first-order valence-electron chi connectivity index (χ1n) is 11.2. The summed E-state index contributed by atoms with van der Waals surface area (Å²) >= 11 is 1.25. The quantitative estimate of drug-likeness (QED) is 0.318. The normalized spacial score (nSPS) is 16.0. The van der Waals surface area contributed by atoms with Crippen LogP contribution in [0.1, 0.15) is 25.3 Å². The van der Waals surface area contributed by atoms with E-state index in [1.807, 2.05) is 48.5 Å². The van der Waals surface area contributed by atoms with E-state index >= 15 is 0 Å². The number of carbonyl (C=O) groups is 1. The first kappa shape index (κ1) is 21.7. The third-order valence-corrected chi connectivity index (χ3v) is 6.84. The molecule has 1 aliphatic rings. The Balaban J connectivity index is 1.46. The molecule has 1 atom stereocenters. The summed E-state index contributed by atoms with van der Waals surface area (Å²) in [7, 11) is 0. The molecule has 7 nitrogen and oxygen atoms in total. The predicted octanol–water partition coefficient (Wildman–Crippen LogP) is 4.61. The molecule has 0 spiro atoms. The third kappa shape index (κ3) is 4.41. The smallest absolute Gasteiger partial charge is 0.297 e. The van der Waals surface area contributed by atoms with Crippen molar-refractivity contribution in [1.82, 2.24) is 9.55 Å². The minimum Gasteiger partial charge on any atom is -0.448 e. The zero-order valence-electron chi connectivity index (χ0n) is 18.4. The minimum atomic E-state index is -0.245. The van der Waals surface area contributed by atoms with Gasteiger partial charge in [-0.25, -0.2) is 4.98 Å². The number of ether oxygens (including phenoxy) is 1. The summed E-state index contributed by atoms with van der Waals surface area (Å²) in [6, 6.07) is 15.2. The Hall–Kier alpha value is -3.10. The maximum atomic E-state index is 13.4. The molecular weight excluding hydrogens is 438 g/mol. The number of thioether (sulfide) groups is 1. The number of hydrogen-bond donors (Lipinski definition) is 1. The number of furan rings is 1. The molecule has 0 saturated carbocycles. The van der Waals surface area contributed by atoms with Crippen molar-refractivity contribution in [3.8, 4) is 0 Å². The molecule has 1 saturated heterocycles. The number of benzene rings is 2. The van der Waals surface area contributed by atoms with Gasteiger partial charge in [-0.15, -0.1) is 0 Å². The number of aryl methyl sites for hydroxylation is 1. The summed E-state index contributed by atoms with van der Waals surface area (Å²) < 4.78 is 13.2. The van der Waals surface area contributed by atoms with Gasteiger partial charge in [-0.1, -0.05) is 49.0 Å². The largest absolute Gasteiger partial charge is 0.448 e. The van der Waals surface area contributed by atoms with Crippen molar-refractivity contribution >= 4 is 45.4 Å². The molecule has 0 aliphatic carbocycles. The topological polar surface area (TPSA) is 86.4 Å².